The van der Waals surface area contributed by atoms with Crippen LogP contribution in [0.4, 0.5) is 8.78 Å². The van der Waals surface area contributed by atoms with E-state index < -0.39 is 11.6 Å². The Morgan fingerprint density at radius 1 is 0.789 bits per heavy atom. The summed E-state index contributed by atoms with van der Waals surface area (Å²) in [5.41, 5.74) is 1.34. The molecule has 2 aromatic rings. The van der Waals surface area contributed by atoms with Crippen LogP contribution in [-0.2, 0) is 0 Å². The highest BCUT2D eigenvalue weighted by Gasteiger charge is 2.29. The third-order valence-corrected chi connectivity index (χ3v) is 3.70. The molecule has 1 fully saturated rings. The minimum Gasteiger partial charge on any atom is -0.303 e. The predicted molar refractivity (Wildman–Crippen MR) is 70.7 cm³/mol. The highest BCUT2D eigenvalue weighted by Crippen LogP contribution is 2.36. The molecule has 2 unspecified atom stereocenters. The van der Waals surface area contributed by atoms with Crippen molar-refractivity contribution in [2.24, 2.45) is 0 Å². The summed E-state index contributed by atoms with van der Waals surface area (Å²) in [5.74, 6) is -0.933. The van der Waals surface area contributed by atoms with Crippen molar-refractivity contribution in [1.29, 1.82) is 0 Å². The van der Waals surface area contributed by atoms with E-state index in [4.69, 9.17) is 0 Å². The van der Waals surface area contributed by atoms with E-state index in [1.807, 2.05) is 30.3 Å². The molecule has 2 aromatic carbocycles. The smallest absolute Gasteiger partial charge is 0.130 e. The van der Waals surface area contributed by atoms with Gasteiger partial charge in [-0.15, -0.1) is 0 Å². The maximum absolute atomic E-state index is 13.8. The van der Waals surface area contributed by atoms with Crippen molar-refractivity contribution >= 4 is 0 Å². The molecule has 0 aliphatic carbocycles. The molecule has 0 radical (unpaired) electrons. The zero-order chi connectivity index (χ0) is 13.2. The summed E-state index contributed by atoms with van der Waals surface area (Å²) in [7, 11) is 0. The molecule has 98 valence electrons. The van der Waals surface area contributed by atoms with Crippen LogP contribution in [0.5, 0.6) is 0 Å². The molecule has 1 saturated heterocycles. The van der Waals surface area contributed by atoms with Gasteiger partial charge in [-0.05, 0) is 30.5 Å². The molecule has 0 bridgehead atoms. The van der Waals surface area contributed by atoms with Gasteiger partial charge >= 0.3 is 0 Å². The van der Waals surface area contributed by atoms with Gasteiger partial charge < -0.3 is 5.32 Å². The van der Waals surface area contributed by atoms with E-state index in [1.165, 1.54) is 23.8 Å². The summed E-state index contributed by atoms with van der Waals surface area (Å²) in [4.78, 5) is 0. The normalized spacial score (nSPS) is 22.6. The molecule has 19 heavy (non-hydrogen) atoms. The van der Waals surface area contributed by atoms with E-state index >= 15 is 0 Å². The van der Waals surface area contributed by atoms with E-state index in [0.29, 0.717) is 0 Å². The van der Waals surface area contributed by atoms with Crippen LogP contribution in [0.2, 0.25) is 0 Å². The van der Waals surface area contributed by atoms with Crippen molar-refractivity contribution in [2.75, 3.05) is 0 Å². The summed E-state index contributed by atoms with van der Waals surface area (Å²) in [6, 6.07) is 14.0. The average molecular weight is 259 g/mol. The highest BCUT2D eigenvalue weighted by molar-refractivity contribution is 5.27. The number of benzene rings is 2. The zero-order valence-corrected chi connectivity index (χ0v) is 10.4. The van der Waals surface area contributed by atoms with E-state index in [1.54, 1.807) is 0 Å². The Labute approximate surface area is 111 Å². The fourth-order valence-electron chi connectivity index (χ4n) is 2.76. The fourth-order valence-corrected chi connectivity index (χ4v) is 2.76. The van der Waals surface area contributed by atoms with Crippen molar-refractivity contribution in [3.05, 3.63) is 71.3 Å². The van der Waals surface area contributed by atoms with Crippen molar-refractivity contribution in [2.45, 2.75) is 24.9 Å². The number of nitrogens with one attached hydrogen (secondary N) is 1. The SMILES string of the molecule is Fc1cccc(F)c1C1CCC(c2ccccc2)N1. The Hall–Kier alpha value is -1.74. The first kappa shape index (κ1) is 12.3. The van der Waals surface area contributed by atoms with Crippen LogP contribution in [0.1, 0.15) is 36.1 Å². The molecule has 1 aliphatic heterocycles. The Morgan fingerprint density at radius 2 is 1.42 bits per heavy atom. The first-order valence-corrected chi connectivity index (χ1v) is 6.50. The Bertz CT molecular complexity index is 548. The van der Waals surface area contributed by atoms with E-state index in [-0.39, 0.29) is 17.6 Å². The Morgan fingerprint density at radius 3 is 2.11 bits per heavy atom. The first-order chi connectivity index (χ1) is 9.25. The lowest BCUT2D eigenvalue weighted by Gasteiger charge is -2.16. The molecule has 1 aliphatic rings. The number of hydrogen-bond acceptors (Lipinski definition) is 1. The van der Waals surface area contributed by atoms with Crippen molar-refractivity contribution in [1.82, 2.24) is 5.32 Å². The Balaban J connectivity index is 1.83. The molecule has 3 heteroatoms. The molecule has 3 rings (SSSR count). The Kier molecular flexibility index (Phi) is 3.30. The van der Waals surface area contributed by atoms with E-state index in [2.05, 4.69) is 5.32 Å². The minimum atomic E-state index is -0.466. The first-order valence-electron chi connectivity index (χ1n) is 6.50. The molecule has 0 saturated carbocycles. The number of halogens is 2. The summed E-state index contributed by atoms with van der Waals surface area (Å²) >= 11 is 0. The van der Waals surface area contributed by atoms with Gasteiger partial charge in [0, 0.05) is 17.6 Å². The topological polar surface area (TPSA) is 12.0 Å². The fraction of sp³-hybridized carbons (Fsp3) is 0.250. The molecule has 1 N–H and O–H groups in total. The molecule has 0 aromatic heterocycles. The number of hydrogen-bond donors (Lipinski definition) is 1. The van der Waals surface area contributed by atoms with Crippen LogP contribution in [0.3, 0.4) is 0 Å². The molecular weight excluding hydrogens is 244 g/mol. The summed E-state index contributed by atoms with van der Waals surface area (Å²) in [5, 5.41) is 3.33. The van der Waals surface area contributed by atoms with Crippen LogP contribution in [0, 0.1) is 11.6 Å². The zero-order valence-electron chi connectivity index (χ0n) is 10.4. The second-order valence-electron chi connectivity index (χ2n) is 4.90. The van der Waals surface area contributed by atoms with Gasteiger partial charge in [0.1, 0.15) is 11.6 Å². The summed E-state index contributed by atoms with van der Waals surface area (Å²) in [6.45, 7) is 0. The molecule has 1 heterocycles. The molecule has 2 atom stereocenters. The second-order valence-corrected chi connectivity index (χ2v) is 4.90. The second kappa shape index (κ2) is 5.10. The van der Waals surface area contributed by atoms with Gasteiger partial charge in [-0.25, -0.2) is 8.78 Å². The van der Waals surface area contributed by atoms with Gasteiger partial charge in [0.05, 0.1) is 0 Å². The number of rotatable bonds is 2. The maximum atomic E-state index is 13.8. The molecular formula is C16H15F2N. The van der Waals surface area contributed by atoms with Gasteiger partial charge in [0.2, 0.25) is 0 Å². The standard InChI is InChI=1S/C16H15F2N/c17-12-7-4-8-13(18)16(12)15-10-9-14(19-15)11-5-2-1-3-6-11/h1-8,14-15,19H,9-10H2. The van der Waals surface area contributed by atoms with Crippen molar-refractivity contribution in [3.63, 3.8) is 0 Å². The quantitative estimate of drug-likeness (QED) is 0.855. The monoisotopic (exact) mass is 259 g/mol. The van der Waals surface area contributed by atoms with Gasteiger partial charge in [0.15, 0.2) is 0 Å². The van der Waals surface area contributed by atoms with Crippen LogP contribution in [0.15, 0.2) is 48.5 Å². The van der Waals surface area contributed by atoms with Gasteiger partial charge in [-0.3, -0.25) is 0 Å². The van der Waals surface area contributed by atoms with Crippen LogP contribution in [0.25, 0.3) is 0 Å². The molecule has 0 spiro atoms. The van der Waals surface area contributed by atoms with Gasteiger partial charge in [-0.2, -0.15) is 0 Å². The van der Waals surface area contributed by atoms with E-state index in [0.717, 1.165) is 12.8 Å². The third-order valence-electron chi connectivity index (χ3n) is 3.70. The maximum Gasteiger partial charge on any atom is 0.130 e. The lowest BCUT2D eigenvalue weighted by atomic mass is 10.0. The lowest BCUT2D eigenvalue weighted by molar-refractivity contribution is 0.492. The van der Waals surface area contributed by atoms with Gasteiger partial charge in [0.25, 0.3) is 0 Å². The van der Waals surface area contributed by atoms with Crippen LogP contribution >= 0.6 is 0 Å². The van der Waals surface area contributed by atoms with Crippen LogP contribution in [-0.4, -0.2) is 0 Å². The molecule has 1 nitrogen and oxygen atoms in total. The minimum absolute atomic E-state index is 0.168. The predicted octanol–water partition coefficient (Wildman–Crippen LogP) is 4.13. The van der Waals surface area contributed by atoms with Crippen molar-refractivity contribution in [3.8, 4) is 0 Å². The third kappa shape index (κ3) is 2.38. The largest absolute Gasteiger partial charge is 0.303 e. The van der Waals surface area contributed by atoms with Gasteiger partial charge in [-0.1, -0.05) is 36.4 Å². The summed E-state index contributed by atoms with van der Waals surface area (Å²) in [6.07, 6.45) is 1.64. The van der Waals surface area contributed by atoms with Crippen molar-refractivity contribution < 1.29 is 8.78 Å². The molecule has 0 amide bonds. The summed E-state index contributed by atoms with van der Waals surface area (Å²) < 4.78 is 27.5. The van der Waals surface area contributed by atoms with Crippen LogP contribution < -0.4 is 5.32 Å². The van der Waals surface area contributed by atoms with E-state index in [9.17, 15) is 8.78 Å². The average Bonchev–Trinajstić information content (AvgIpc) is 2.89. The lowest BCUT2D eigenvalue weighted by Crippen LogP contribution is -2.19. The highest BCUT2D eigenvalue weighted by atomic mass is 19.1.